The van der Waals surface area contributed by atoms with Gasteiger partial charge in [0.25, 0.3) is 11.6 Å². The van der Waals surface area contributed by atoms with Gasteiger partial charge in [-0.1, -0.05) is 12.1 Å². The van der Waals surface area contributed by atoms with E-state index in [1.54, 1.807) is 19.1 Å². The SMILES string of the molecule is CCOc1cc([N+](=O)[O-])c(C(=O)NCCc2ccc(F)cc2)cc1OC. The Bertz CT molecular complexity index is 793. The second kappa shape index (κ2) is 8.80. The fraction of sp³-hybridized carbons (Fsp3) is 0.278. The lowest BCUT2D eigenvalue weighted by Crippen LogP contribution is -2.26. The van der Waals surface area contributed by atoms with Gasteiger partial charge in [-0.2, -0.15) is 0 Å². The van der Waals surface area contributed by atoms with Gasteiger partial charge in [-0.15, -0.1) is 0 Å². The first-order chi connectivity index (χ1) is 12.5. The molecule has 0 spiro atoms. The molecule has 0 aliphatic heterocycles. The summed E-state index contributed by atoms with van der Waals surface area (Å²) in [5, 5.41) is 13.9. The standard InChI is InChI=1S/C18H19FN2O5/c1-3-26-17-11-15(21(23)24)14(10-16(17)25-2)18(22)20-9-8-12-4-6-13(19)7-5-12/h4-7,10-11H,3,8-9H2,1-2H3,(H,20,22). The van der Waals surface area contributed by atoms with Gasteiger partial charge in [0.2, 0.25) is 0 Å². The minimum atomic E-state index is -0.642. The summed E-state index contributed by atoms with van der Waals surface area (Å²) in [6.07, 6.45) is 0.466. The molecule has 2 aromatic carbocycles. The highest BCUT2D eigenvalue weighted by atomic mass is 19.1. The molecule has 7 nitrogen and oxygen atoms in total. The van der Waals surface area contributed by atoms with Crippen LogP contribution in [0.5, 0.6) is 11.5 Å². The lowest BCUT2D eigenvalue weighted by Gasteiger charge is -2.12. The first-order valence-electron chi connectivity index (χ1n) is 7.98. The molecule has 0 aliphatic rings. The smallest absolute Gasteiger partial charge is 0.286 e. The molecule has 26 heavy (non-hydrogen) atoms. The second-order valence-corrected chi connectivity index (χ2v) is 5.34. The van der Waals surface area contributed by atoms with Crippen molar-refractivity contribution in [2.45, 2.75) is 13.3 Å². The molecule has 0 fully saturated rings. The molecule has 138 valence electrons. The molecule has 0 heterocycles. The zero-order valence-corrected chi connectivity index (χ0v) is 14.5. The lowest BCUT2D eigenvalue weighted by molar-refractivity contribution is -0.385. The second-order valence-electron chi connectivity index (χ2n) is 5.34. The topological polar surface area (TPSA) is 90.7 Å². The van der Waals surface area contributed by atoms with Crippen LogP contribution in [0.25, 0.3) is 0 Å². The zero-order valence-electron chi connectivity index (χ0n) is 14.5. The monoisotopic (exact) mass is 362 g/mol. The van der Waals surface area contributed by atoms with Gasteiger partial charge in [-0.05, 0) is 31.0 Å². The Kier molecular flexibility index (Phi) is 6.48. The molecule has 0 radical (unpaired) electrons. The first-order valence-corrected chi connectivity index (χ1v) is 7.98. The summed E-state index contributed by atoms with van der Waals surface area (Å²) in [5.74, 6) is -0.499. The molecule has 0 saturated carbocycles. The van der Waals surface area contributed by atoms with Crippen LogP contribution in [0.3, 0.4) is 0 Å². The van der Waals surface area contributed by atoms with E-state index >= 15 is 0 Å². The maximum Gasteiger partial charge on any atom is 0.286 e. The number of nitro groups is 1. The molecule has 1 amide bonds. The molecule has 0 atom stereocenters. The summed E-state index contributed by atoms with van der Waals surface area (Å²) in [6.45, 7) is 2.29. The molecule has 8 heteroatoms. The fourth-order valence-electron chi connectivity index (χ4n) is 2.38. The average molecular weight is 362 g/mol. The van der Waals surface area contributed by atoms with Gasteiger partial charge in [0, 0.05) is 12.6 Å². The predicted molar refractivity (Wildman–Crippen MR) is 93.3 cm³/mol. The summed E-state index contributed by atoms with van der Waals surface area (Å²) in [6, 6.07) is 8.36. The van der Waals surface area contributed by atoms with Crippen LogP contribution in [0.15, 0.2) is 36.4 Å². The zero-order chi connectivity index (χ0) is 19.1. The van der Waals surface area contributed by atoms with E-state index in [0.717, 1.165) is 5.56 Å². The first kappa shape index (κ1) is 19.2. The molecule has 0 bridgehead atoms. The maximum atomic E-state index is 12.9. The molecule has 1 N–H and O–H groups in total. The number of hydrogen-bond donors (Lipinski definition) is 1. The van der Waals surface area contributed by atoms with Crippen molar-refractivity contribution >= 4 is 11.6 Å². The Morgan fingerprint density at radius 3 is 2.50 bits per heavy atom. The van der Waals surface area contributed by atoms with Crippen LogP contribution >= 0.6 is 0 Å². The van der Waals surface area contributed by atoms with Crippen LogP contribution in [0, 0.1) is 15.9 Å². The van der Waals surface area contributed by atoms with Crippen LogP contribution in [0.2, 0.25) is 0 Å². The van der Waals surface area contributed by atoms with Crippen LogP contribution in [-0.4, -0.2) is 31.1 Å². The van der Waals surface area contributed by atoms with E-state index in [2.05, 4.69) is 5.32 Å². The highest BCUT2D eigenvalue weighted by Crippen LogP contribution is 2.34. The molecular weight excluding hydrogens is 343 g/mol. The Labute approximate surface area is 149 Å². The van der Waals surface area contributed by atoms with Gasteiger partial charge in [0.1, 0.15) is 11.4 Å². The van der Waals surface area contributed by atoms with Crippen molar-refractivity contribution < 1.29 is 23.6 Å². The number of halogens is 1. The normalized spacial score (nSPS) is 10.3. The molecule has 2 rings (SSSR count). The number of nitrogens with zero attached hydrogens (tertiary/aromatic N) is 1. The number of hydrogen-bond acceptors (Lipinski definition) is 5. The average Bonchev–Trinajstić information content (AvgIpc) is 2.63. The van der Waals surface area contributed by atoms with Crippen LogP contribution < -0.4 is 14.8 Å². The van der Waals surface area contributed by atoms with Gasteiger partial charge in [0.05, 0.1) is 24.7 Å². The highest BCUT2D eigenvalue weighted by Gasteiger charge is 2.24. The van der Waals surface area contributed by atoms with E-state index < -0.39 is 10.8 Å². The molecule has 0 saturated heterocycles. The van der Waals surface area contributed by atoms with Crippen LogP contribution in [-0.2, 0) is 6.42 Å². The molecule has 0 aromatic heterocycles. The van der Waals surface area contributed by atoms with Gasteiger partial charge < -0.3 is 14.8 Å². The van der Waals surface area contributed by atoms with Crippen LogP contribution in [0.1, 0.15) is 22.8 Å². The summed E-state index contributed by atoms with van der Waals surface area (Å²) >= 11 is 0. The number of ether oxygens (including phenoxy) is 2. The molecular formula is C18H19FN2O5. The number of methoxy groups -OCH3 is 1. The highest BCUT2D eigenvalue weighted by molar-refractivity contribution is 5.99. The fourth-order valence-corrected chi connectivity index (χ4v) is 2.38. The largest absolute Gasteiger partial charge is 0.493 e. The van der Waals surface area contributed by atoms with Crippen molar-refractivity contribution in [3.05, 3.63) is 63.5 Å². The number of nitrogens with one attached hydrogen (secondary N) is 1. The van der Waals surface area contributed by atoms with Gasteiger partial charge in [-0.25, -0.2) is 4.39 Å². The Hall–Kier alpha value is -3.16. The Balaban J connectivity index is 2.15. The van der Waals surface area contributed by atoms with Crippen molar-refractivity contribution in [2.75, 3.05) is 20.3 Å². The number of rotatable bonds is 8. The van der Waals surface area contributed by atoms with E-state index in [-0.39, 0.29) is 35.1 Å². The number of carbonyl (C=O) groups excluding carboxylic acids is 1. The number of amides is 1. The van der Waals surface area contributed by atoms with E-state index in [0.29, 0.717) is 13.0 Å². The van der Waals surface area contributed by atoms with Crippen molar-refractivity contribution in [2.24, 2.45) is 0 Å². The Morgan fingerprint density at radius 1 is 1.23 bits per heavy atom. The van der Waals surface area contributed by atoms with E-state index in [9.17, 15) is 19.3 Å². The van der Waals surface area contributed by atoms with Crippen molar-refractivity contribution in [3.8, 4) is 11.5 Å². The third-order valence-electron chi connectivity index (χ3n) is 3.64. The summed E-state index contributed by atoms with van der Waals surface area (Å²) < 4.78 is 23.3. The predicted octanol–water partition coefficient (Wildman–Crippen LogP) is 3.11. The molecule has 0 aliphatic carbocycles. The van der Waals surface area contributed by atoms with Crippen molar-refractivity contribution in [1.82, 2.24) is 5.32 Å². The van der Waals surface area contributed by atoms with E-state index in [1.165, 1.54) is 31.4 Å². The summed E-state index contributed by atoms with van der Waals surface area (Å²) in [4.78, 5) is 23.0. The quantitative estimate of drug-likeness (QED) is 0.575. The maximum absolute atomic E-state index is 12.9. The lowest BCUT2D eigenvalue weighted by atomic mass is 10.1. The van der Waals surface area contributed by atoms with Gasteiger partial charge >= 0.3 is 0 Å². The number of nitro benzene ring substituents is 1. The van der Waals surface area contributed by atoms with Crippen molar-refractivity contribution in [1.29, 1.82) is 0 Å². The minimum Gasteiger partial charge on any atom is -0.493 e. The molecule has 2 aromatic rings. The minimum absolute atomic E-state index is 0.116. The molecule has 0 unspecified atom stereocenters. The third kappa shape index (κ3) is 4.69. The number of carbonyl (C=O) groups is 1. The third-order valence-corrected chi connectivity index (χ3v) is 3.64. The Morgan fingerprint density at radius 2 is 1.92 bits per heavy atom. The summed E-state index contributed by atoms with van der Waals surface area (Å²) in [7, 11) is 1.39. The van der Waals surface area contributed by atoms with Crippen LogP contribution in [0.4, 0.5) is 10.1 Å². The summed E-state index contributed by atoms with van der Waals surface area (Å²) in [5.41, 5.74) is 0.355. The number of benzene rings is 2. The van der Waals surface area contributed by atoms with Gasteiger partial charge in [-0.3, -0.25) is 14.9 Å². The van der Waals surface area contributed by atoms with E-state index in [4.69, 9.17) is 9.47 Å². The van der Waals surface area contributed by atoms with E-state index in [1.807, 2.05) is 0 Å². The van der Waals surface area contributed by atoms with Crippen molar-refractivity contribution in [3.63, 3.8) is 0 Å². The van der Waals surface area contributed by atoms with Gasteiger partial charge in [0.15, 0.2) is 11.5 Å².